The second kappa shape index (κ2) is 11.7. The van der Waals surface area contributed by atoms with E-state index in [-0.39, 0.29) is 30.3 Å². The fourth-order valence-electron chi connectivity index (χ4n) is 2.94. The van der Waals surface area contributed by atoms with Crippen LogP contribution in [-0.2, 0) is 19.1 Å². The molecule has 0 aliphatic heterocycles. The molecule has 6 nitrogen and oxygen atoms in total. The molecule has 0 spiro atoms. The van der Waals surface area contributed by atoms with Crippen molar-refractivity contribution in [2.75, 3.05) is 0 Å². The first-order valence-corrected chi connectivity index (χ1v) is 9.41. The molecule has 0 aromatic rings. The van der Waals surface area contributed by atoms with Crippen molar-refractivity contribution in [2.24, 2.45) is 11.8 Å². The zero-order chi connectivity index (χ0) is 20.4. The molecule has 0 aromatic heterocycles. The third-order valence-corrected chi connectivity index (χ3v) is 4.19. The van der Waals surface area contributed by atoms with Gasteiger partial charge in [0.15, 0.2) is 0 Å². The Balaban J connectivity index is 0.000000206. The van der Waals surface area contributed by atoms with Crippen LogP contribution in [0.4, 0.5) is 0 Å². The summed E-state index contributed by atoms with van der Waals surface area (Å²) in [5.41, 5.74) is 0. The molecule has 0 bridgehead atoms. The molecule has 0 fully saturated rings. The highest BCUT2D eigenvalue weighted by atomic mass is 16.5. The van der Waals surface area contributed by atoms with Gasteiger partial charge in [0.2, 0.25) is 0 Å². The summed E-state index contributed by atoms with van der Waals surface area (Å²) in [5.74, 6) is 0.659. The lowest BCUT2D eigenvalue weighted by molar-refractivity contribution is -0.145. The van der Waals surface area contributed by atoms with Gasteiger partial charge in [0.1, 0.15) is 12.2 Å². The van der Waals surface area contributed by atoms with Crippen molar-refractivity contribution < 1.29 is 29.3 Å². The van der Waals surface area contributed by atoms with Crippen molar-refractivity contribution in [1.29, 1.82) is 0 Å². The third-order valence-electron chi connectivity index (χ3n) is 4.19. The maximum absolute atomic E-state index is 10.5. The molecular formula is C21H32O6. The third kappa shape index (κ3) is 10.7. The number of aliphatic hydroxyl groups excluding tert-OH is 2. The molecule has 2 N–H and O–H groups in total. The van der Waals surface area contributed by atoms with Gasteiger partial charge in [-0.2, -0.15) is 0 Å². The average molecular weight is 380 g/mol. The second-order valence-electron chi connectivity index (χ2n) is 7.25. The summed E-state index contributed by atoms with van der Waals surface area (Å²) in [6.07, 6.45) is 12.8. The molecule has 0 unspecified atom stereocenters. The number of hydrogen-bond acceptors (Lipinski definition) is 6. The van der Waals surface area contributed by atoms with Gasteiger partial charge >= 0.3 is 11.9 Å². The Morgan fingerprint density at radius 3 is 1.41 bits per heavy atom. The lowest BCUT2D eigenvalue weighted by Gasteiger charge is -2.08. The Kier molecular flexibility index (Phi) is 10.0. The van der Waals surface area contributed by atoms with Crippen LogP contribution in [0.1, 0.15) is 47.0 Å². The molecule has 6 heteroatoms. The average Bonchev–Trinajstić information content (AvgIpc) is 3.23. The van der Waals surface area contributed by atoms with Crippen molar-refractivity contribution in [3.05, 3.63) is 36.5 Å². The zero-order valence-electron chi connectivity index (χ0n) is 16.6. The molecule has 6 atom stereocenters. The minimum atomic E-state index is -0.440. The number of allylic oxidation sites excluding steroid dienone is 2. The van der Waals surface area contributed by atoms with Crippen LogP contribution in [0, 0.1) is 11.8 Å². The number of aliphatic hydroxyl groups is 2. The van der Waals surface area contributed by atoms with Gasteiger partial charge in [0, 0.05) is 20.3 Å². The van der Waals surface area contributed by atoms with Crippen molar-refractivity contribution >= 4 is 11.9 Å². The van der Waals surface area contributed by atoms with Gasteiger partial charge in [-0.1, -0.05) is 38.2 Å². The number of hydrogen-bond donors (Lipinski definition) is 2. The van der Waals surface area contributed by atoms with E-state index in [1.165, 1.54) is 13.8 Å². The van der Waals surface area contributed by atoms with E-state index in [9.17, 15) is 9.59 Å². The quantitative estimate of drug-likeness (QED) is 0.565. The van der Waals surface area contributed by atoms with E-state index in [2.05, 4.69) is 19.9 Å². The maximum atomic E-state index is 10.5. The minimum Gasteiger partial charge on any atom is -0.458 e. The molecule has 0 saturated carbocycles. The van der Waals surface area contributed by atoms with Crippen LogP contribution in [0.3, 0.4) is 0 Å². The fraction of sp³-hybridized carbons (Fsp3) is 0.619. The highest BCUT2D eigenvalue weighted by molar-refractivity contribution is 5.66. The van der Waals surface area contributed by atoms with E-state index in [0.29, 0.717) is 18.3 Å². The first-order valence-electron chi connectivity index (χ1n) is 9.41. The molecule has 0 aromatic carbocycles. The van der Waals surface area contributed by atoms with Crippen LogP contribution >= 0.6 is 0 Å². The lowest BCUT2D eigenvalue weighted by atomic mass is 10.1. The number of carbonyl (C=O) groups excluding carboxylic acids is 2. The zero-order valence-corrected chi connectivity index (χ0v) is 16.6. The topological polar surface area (TPSA) is 93.1 Å². The highest BCUT2D eigenvalue weighted by Gasteiger charge is 2.18. The molecule has 0 amide bonds. The standard InChI is InChI=1S/C8H12O2.C7H10O3.C6H10O/c1-6-3-4-8(5-6)10-7(2)9;1-5(8)10-7-3-2-6(9)4-7;1-5-2-3-6(7)4-5/h3-4,6,8H,5H2,1-2H3;2-3,6-7,9H,4H2,1H3;2-3,5-7H,4H2,1H3/t6-,8+;6-,7+;5-,6+/m111/s1. The summed E-state index contributed by atoms with van der Waals surface area (Å²) < 4.78 is 9.75. The lowest BCUT2D eigenvalue weighted by Crippen LogP contribution is -2.13. The Morgan fingerprint density at radius 1 is 0.704 bits per heavy atom. The van der Waals surface area contributed by atoms with E-state index in [1.54, 1.807) is 12.2 Å². The van der Waals surface area contributed by atoms with Gasteiger partial charge in [-0.3, -0.25) is 9.59 Å². The predicted molar refractivity (Wildman–Crippen MR) is 103 cm³/mol. The molecule has 3 aliphatic rings. The van der Waals surface area contributed by atoms with Gasteiger partial charge < -0.3 is 19.7 Å². The minimum absolute atomic E-state index is 0.0347. The smallest absolute Gasteiger partial charge is 0.303 e. The van der Waals surface area contributed by atoms with E-state index in [4.69, 9.17) is 19.7 Å². The summed E-state index contributed by atoms with van der Waals surface area (Å²) >= 11 is 0. The van der Waals surface area contributed by atoms with Crippen LogP contribution in [0.25, 0.3) is 0 Å². The number of ether oxygens (including phenoxy) is 2. The largest absolute Gasteiger partial charge is 0.458 e. The number of esters is 2. The van der Waals surface area contributed by atoms with Gasteiger partial charge in [-0.15, -0.1) is 0 Å². The number of rotatable bonds is 2. The molecule has 3 aliphatic carbocycles. The van der Waals surface area contributed by atoms with Crippen molar-refractivity contribution in [1.82, 2.24) is 0 Å². The summed E-state index contributed by atoms with van der Waals surface area (Å²) in [5, 5.41) is 17.7. The molecule has 0 radical (unpaired) electrons. The SMILES string of the molecule is CC(=O)O[C@H]1C=C[C@@H](C)C1.CC(=O)O[C@H]1C=C[C@@H](O)C1.C[C@@H]1C=C[C@H](O)C1. The molecule has 152 valence electrons. The van der Waals surface area contributed by atoms with Crippen molar-refractivity contribution in [3.63, 3.8) is 0 Å². The summed E-state index contributed by atoms with van der Waals surface area (Å²) in [4.78, 5) is 20.8. The first-order chi connectivity index (χ1) is 12.7. The van der Waals surface area contributed by atoms with E-state index < -0.39 is 6.10 Å². The van der Waals surface area contributed by atoms with Gasteiger partial charge in [0.25, 0.3) is 0 Å². The fourth-order valence-corrected chi connectivity index (χ4v) is 2.94. The Bertz CT molecular complexity index is 517. The Morgan fingerprint density at radius 2 is 1.11 bits per heavy atom. The van der Waals surface area contributed by atoms with E-state index in [0.717, 1.165) is 12.8 Å². The Hall–Kier alpha value is -1.92. The van der Waals surface area contributed by atoms with Crippen molar-refractivity contribution in [2.45, 2.75) is 71.4 Å². The molecule has 0 saturated heterocycles. The molecular weight excluding hydrogens is 348 g/mol. The first kappa shape index (κ1) is 23.1. The van der Waals surface area contributed by atoms with Crippen LogP contribution in [0.15, 0.2) is 36.5 Å². The van der Waals surface area contributed by atoms with Crippen LogP contribution in [-0.4, -0.2) is 46.6 Å². The highest BCUT2D eigenvalue weighted by Crippen LogP contribution is 2.19. The van der Waals surface area contributed by atoms with Crippen LogP contribution in [0.2, 0.25) is 0 Å². The van der Waals surface area contributed by atoms with E-state index in [1.807, 2.05) is 18.2 Å². The monoisotopic (exact) mass is 380 g/mol. The van der Waals surface area contributed by atoms with Crippen LogP contribution in [0.5, 0.6) is 0 Å². The summed E-state index contributed by atoms with van der Waals surface area (Å²) in [6, 6.07) is 0. The van der Waals surface area contributed by atoms with Crippen molar-refractivity contribution in [3.8, 4) is 0 Å². The van der Waals surface area contributed by atoms with Gasteiger partial charge in [-0.05, 0) is 36.8 Å². The van der Waals surface area contributed by atoms with Gasteiger partial charge in [-0.25, -0.2) is 0 Å². The van der Waals surface area contributed by atoms with Crippen LogP contribution < -0.4 is 0 Å². The second-order valence-corrected chi connectivity index (χ2v) is 7.25. The van der Waals surface area contributed by atoms with E-state index >= 15 is 0 Å². The summed E-state index contributed by atoms with van der Waals surface area (Å²) in [6.45, 7) is 7.02. The normalized spacial score (nSPS) is 33.0. The molecule has 3 rings (SSSR count). The molecule has 0 heterocycles. The Labute approximate surface area is 161 Å². The number of carbonyl (C=O) groups is 2. The maximum Gasteiger partial charge on any atom is 0.303 e. The predicted octanol–water partition coefficient (Wildman–Crippen LogP) is 2.70. The van der Waals surface area contributed by atoms with Gasteiger partial charge in [0.05, 0.1) is 12.2 Å². The summed E-state index contributed by atoms with van der Waals surface area (Å²) in [7, 11) is 0. The molecule has 27 heavy (non-hydrogen) atoms.